The van der Waals surface area contributed by atoms with E-state index in [9.17, 15) is 9.59 Å². The van der Waals surface area contributed by atoms with E-state index in [2.05, 4.69) is 29.4 Å². The third-order valence-electron chi connectivity index (χ3n) is 4.22. The Morgan fingerprint density at radius 1 is 1.12 bits per heavy atom. The van der Waals surface area contributed by atoms with E-state index in [4.69, 9.17) is 16.3 Å². The van der Waals surface area contributed by atoms with E-state index in [0.717, 1.165) is 19.6 Å². The normalized spacial score (nSPS) is 20.6. The second-order valence-electron chi connectivity index (χ2n) is 6.73. The van der Waals surface area contributed by atoms with Crippen LogP contribution in [0.2, 0.25) is 5.02 Å². The number of carbonyl (C=O) groups is 2. The lowest BCUT2D eigenvalue weighted by molar-refractivity contribution is -0.121. The van der Waals surface area contributed by atoms with E-state index < -0.39 is 0 Å². The van der Waals surface area contributed by atoms with Gasteiger partial charge >= 0.3 is 0 Å². The van der Waals surface area contributed by atoms with Gasteiger partial charge in [0, 0.05) is 49.7 Å². The maximum absolute atomic E-state index is 11.9. The molecule has 7 heteroatoms. The number of ether oxygens (including phenoxy) is 1. The summed E-state index contributed by atoms with van der Waals surface area (Å²) in [6.45, 7) is 7.87. The molecule has 1 saturated heterocycles. The molecule has 2 unspecified atom stereocenters. The first-order valence-electron chi connectivity index (χ1n) is 9.12. The van der Waals surface area contributed by atoms with Gasteiger partial charge in [-0.25, -0.2) is 0 Å². The van der Waals surface area contributed by atoms with Crippen molar-refractivity contribution in [2.45, 2.75) is 38.9 Å². The van der Waals surface area contributed by atoms with E-state index in [1.807, 2.05) is 0 Å². The van der Waals surface area contributed by atoms with Gasteiger partial charge in [-0.15, -0.1) is 0 Å². The predicted octanol–water partition coefficient (Wildman–Crippen LogP) is 2.08. The molecule has 1 fully saturated rings. The molecule has 1 aliphatic rings. The van der Waals surface area contributed by atoms with Crippen molar-refractivity contribution in [3.8, 4) is 0 Å². The average molecular weight is 382 g/mol. The third kappa shape index (κ3) is 7.32. The summed E-state index contributed by atoms with van der Waals surface area (Å²) in [6.07, 6.45) is 1.48. The number of rotatable bonds is 8. The first-order valence-corrected chi connectivity index (χ1v) is 9.50. The molecule has 0 saturated carbocycles. The van der Waals surface area contributed by atoms with Crippen LogP contribution in [0.5, 0.6) is 0 Å². The molecule has 2 N–H and O–H groups in total. The summed E-state index contributed by atoms with van der Waals surface area (Å²) in [4.78, 5) is 26.1. The van der Waals surface area contributed by atoms with Crippen molar-refractivity contribution < 1.29 is 14.3 Å². The highest BCUT2D eigenvalue weighted by Crippen LogP contribution is 2.10. The van der Waals surface area contributed by atoms with E-state index in [1.54, 1.807) is 24.3 Å². The minimum atomic E-state index is -0.155. The zero-order valence-corrected chi connectivity index (χ0v) is 16.2. The van der Waals surface area contributed by atoms with Gasteiger partial charge in [0.15, 0.2) is 0 Å². The molecule has 1 aliphatic heterocycles. The van der Waals surface area contributed by atoms with Crippen LogP contribution < -0.4 is 10.6 Å². The molecule has 144 valence electrons. The Bertz CT molecular complexity index is 584. The highest BCUT2D eigenvalue weighted by atomic mass is 35.5. The Labute approximate surface area is 160 Å². The summed E-state index contributed by atoms with van der Waals surface area (Å²) in [5.74, 6) is -0.141. The zero-order valence-electron chi connectivity index (χ0n) is 15.5. The van der Waals surface area contributed by atoms with Crippen LogP contribution >= 0.6 is 11.6 Å². The number of morpholine rings is 1. The summed E-state index contributed by atoms with van der Waals surface area (Å²) in [6, 6.07) is 6.72. The highest BCUT2D eigenvalue weighted by molar-refractivity contribution is 6.30. The van der Waals surface area contributed by atoms with E-state index in [0.29, 0.717) is 36.5 Å². The molecular weight excluding hydrogens is 354 g/mol. The standard InChI is InChI=1S/C19H28ClN3O3/c1-14-12-23(13-15(2)26-14)11-10-21-18(24)4-3-9-22-19(25)16-5-7-17(20)8-6-16/h5-8,14-15H,3-4,9-13H2,1-2H3,(H,21,24)(H,22,25). The topological polar surface area (TPSA) is 70.7 Å². The number of nitrogens with one attached hydrogen (secondary N) is 2. The van der Waals surface area contributed by atoms with Crippen molar-refractivity contribution >= 4 is 23.4 Å². The molecule has 26 heavy (non-hydrogen) atoms. The minimum absolute atomic E-state index is 0.0140. The van der Waals surface area contributed by atoms with Gasteiger partial charge in [-0.1, -0.05) is 11.6 Å². The van der Waals surface area contributed by atoms with Gasteiger partial charge in [-0.05, 0) is 44.5 Å². The molecule has 2 atom stereocenters. The summed E-state index contributed by atoms with van der Waals surface area (Å²) in [7, 11) is 0. The first kappa shape index (κ1) is 20.7. The summed E-state index contributed by atoms with van der Waals surface area (Å²) in [5.41, 5.74) is 0.563. The van der Waals surface area contributed by atoms with Crippen LogP contribution in [0, 0.1) is 0 Å². The van der Waals surface area contributed by atoms with Gasteiger partial charge in [-0.3, -0.25) is 14.5 Å². The largest absolute Gasteiger partial charge is 0.373 e. The van der Waals surface area contributed by atoms with Gasteiger partial charge in [-0.2, -0.15) is 0 Å². The number of benzene rings is 1. The van der Waals surface area contributed by atoms with Crippen LogP contribution in [0.3, 0.4) is 0 Å². The predicted molar refractivity (Wildman–Crippen MR) is 102 cm³/mol. The van der Waals surface area contributed by atoms with Crippen LogP contribution in [0.1, 0.15) is 37.0 Å². The zero-order chi connectivity index (χ0) is 18.9. The maximum atomic E-state index is 11.9. The number of carbonyl (C=O) groups excluding carboxylic acids is 2. The summed E-state index contributed by atoms with van der Waals surface area (Å²) in [5, 5.41) is 6.34. The molecular formula is C19H28ClN3O3. The SMILES string of the molecule is CC1CN(CCNC(=O)CCCNC(=O)c2ccc(Cl)cc2)CC(C)O1. The molecule has 1 aromatic carbocycles. The Hall–Kier alpha value is -1.63. The Morgan fingerprint density at radius 3 is 2.42 bits per heavy atom. The fraction of sp³-hybridized carbons (Fsp3) is 0.579. The monoisotopic (exact) mass is 381 g/mol. The lowest BCUT2D eigenvalue weighted by Crippen LogP contribution is -2.47. The molecule has 0 bridgehead atoms. The second kappa shape index (κ2) is 10.5. The van der Waals surface area contributed by atoms with Crippen LogP contribution in [0.4, 0.5) is 0 Å². The third-order valence-corrected chi connectivity index (χ3v) is 4.47. The molecule has 6 nitrogen and oxygen atoms in total. The average Bonchev–Trinajstić information content (AvgIpc) is 2.58. The van der Waals surface area contributed by atoms with Crippen LogP contribution in [-0.4, -0.2) is 61.6 Å². The molecule has 1 aromatic rings. The molecule has 0 aromatic heterocycles. The van der Waals surface area contributed by atoms with E-state index in [1.165, 1.54) is 0 Å². The van der Waals surface area contributed by atoms with Crippen LogP contribution in [-0.2, 0) is 9.53 Å². The van der Waals surface area contributed by atoms with Crippen molar-refractivity contribution in [2.24, 2.45) is 0 Å². The summed E-state index contributed by atoms with van der Waals surface area (Å²) >= 11 is 5.80. The molecule has 0 radical (unpaired) electrons. The van der Waals surface area contributed by atoms with Gasteiger partial charge < -0.3 is 15.4 Å². The molecule has 2 rings (SSSR count). The van der Waals surface area contributed by atoms with Crippen molar-refractivity contribution in [1.82, 2.24) is 15.5 Å². The fourth-order valence-corrected chi connectivity index (χ4v) is 3.19. The molecule has 2 amide bonds. The Kier molecular flexibility index (Phi) is 8.35. The maximum Gasteiger partial charge on any atom is 0.251 e. The molecule has 0 aliphatic carbocycles. The second-order valence-corrected chi connectivity index (χ2v) is 7.17. The lowest BCUT2D eigenvalue weighted by Gasteiger charge is -2.35. The van der Waals surface area contributed by atoms with E-state index >= 15 is 0 Å². The van der Waals surface area contributed by atoms with Crippen molar-refractivity contribution in [3.63, 3.8) is 0 Å². The smallest absolute Gasteiger partial charge is 0.251 e. The van der Waals surface area contributed by atoms with Crippen molar-refractivity contribution in [1.29, 1.82) is 0 Å². The number of hydrogen-bond acceptors (Lipinski definition) is 4. The summed E-state index contributed by atoms with van der Waals surface area (Å²) < 4.78 is 5.70. The van der Waals surface area contributed by atoms with Gasteiger partial charge in [0.2, 0.25) is 5.91 Å². The minimum Gasteiger partial charge on any atom is -0.373 e. The van der Waals surface area contributed by atoms with Crippen LogP contribution in [0.15, 0.2) is 24.3 Å². The van der Waals surface area contributed by atoms with Crippen molar-refractivity contribution in [2.75, 3.05) is 32.7 Å². The van der Waals surface area contributed by atoms with Gasteiger partial charge in [0.05, 0.1) is 12.2 Å². The number of nitrogens with zero attached hydrogens (tertiary/aromatic N) is 1. The number of hydrogen-bond donors (Lipinski definition) is 2. The Morgan fingerprint density at radius 2 is 1.77 bits per heavy atom. The van der Waals surface area contributed by atoms with Gasteiger partial charge in [0.1, 0.15) is 0 Å². The molecule has 0 spiro atoms. The quantitative estimate of drug-likeness (QED) is 0.676. The highest BCUT2D eigenvalue weighted by Gasteiger charge is 2.21. The lowest BCUT2D eigenvalue weighted by atomic mass is 10.2. The first-order chi connectivity index (χ1) is 12.4. The van der Waals surface area contributed by atoms with Gasteiger partial charge in [0.25, 0.3) is 5.91 Å². The Balaban J connectivity index is 1.55. The van der Waals surface area contributed by atoms with E-state index in [-0.39, 0.29) is 24.0 Å². The van der Waals surface area contributed by atoms with Crippen LogP contribution in [0.25, 0.3) is 0 Å². The fourth-order valence-electron chi connectivity index (χ4n) is 3.06. The number of amides is 2. The number of halogens is 1. The van der Waals surface area contributed by atoms with Crippen molar-refractivity contribution in [3.05, 3.63) is 34.9 Å². The molecule has 1 heterocycles.